The number of rotatable bonds is 4. The Morgan fingerprint density at radius 2 is 2.05 bits per heavy atom. The Labute approximate surface area is 113 Å². The van der Waals surface area contributed by atoms with Crippen molar-refractivity contribution in [3.8, 4) is 6.07 Å². The maximum atomic E-state index is 12.3. The van der Waals surface area contributed by atoms with Crippen LogP contribution in [0, 0.1) is 28.6 Å². The van der Waals surface area contributed by atoms with E-state index in [1.54, 1.807) is 0 Å². The van der Waals surface area contributed by atoms with Crippen molar-refractivity contribution in [2.45, 2.75) is 32.1 Å². The van der Waals surface area contributed by atoms with Crippen LogP contribution >= 0.6 is 0 Å². The zero-order valence-electron chi connectivity index (χ0n) is 11.2. The summed E-state index contributed by atoms with van der Waals surface area (Å²) in [6.07, 6.45) is 4.15. The number of nitrogens with zero attached hydrogens (tertiary/aromatic N) is 1. The van der Waals surface area contributed by atoms with Gasteiger partial charge in [0.2, 0.25) is 5.91 Å². The molecular weight excluding hydrogens is 244 g/mol. The second-order valence-electron chi connectivity index (χ2n) is 5.65. The van der Waals surface area contributed by atoms with Crippen LogP contribution in [0.1, 0.15) is 32.1 Å². The molecule has 0 aromatic rings. The smallest absolute Gasteiger partial charge is 0.240 e. The second kappa shape index (κ2) is 6.36. The van der Waals surface area contributed by atoms with Crippen molar-refractivity contribution in [2.24, 2.45) is 17.3 Å². The Morgan fingerprint density at radius 1 is 1.37 bits per heavy atom. The maximum Gasteiger partial charge on any atom is 0.240 e. The minimum absolute atomic E-state index is 0.165. The molecule has 2 fully saturated rings. The summed E-state index contributed by atoms with van der Waals surface area (Å²) in [6.45, 7) is 1.72. The van der Waals surface area contributed by atoms with E-state index in [-0.39, 0.29) is 12.5 Å². The Hall–Kier alpha value is -1.12. The molecule has 1 aliphatic carbocycles. The van der Waals surface area contributed by atoms with Gasteiger partial charge in [-0.25, -0.2) is 0 Å². The number of nitrogens with one attached hydrogen (secondary N) is 1. The summed E-state index contributed by atoms with van der Waals surface area (Å²) in [5.74, 6) is 0.486. The summed E-state index contributed by atoms with van der Waals surface area (Å²) in [4.78, 5) is 12.3. The molecule has 0 bridgehead atoms. The van der Waals surface area contributed by atoms with Gasteiger partial charge in [-0.15, -0.1) is 0 Å². The summed E-state index contributed by atoms with van der Waals surface area (Å²) in [5.41, 5.74) is -0.911. The fourth-order valence-electron chi connectivity index (χ4n) is 3.13. The lowest BCUT2D eigenvalue weighted by Gasteiger charge is -2.30. The number of hydrogen-bond acceptors (Lipinski definition) is 4. The van der Waals surface area contributed by atoms with Crippen molar-refractivity contribution in [3.63, 3.8) is 0 Å². The SMILES string of the molecule is N#CC1(C(=O)NCC2CCCC2CO)CCOCC1. The van der Waals surface area contributed by atoms with Gasteiger partial charge in [0, 0.05) is 26.4 Å². The lowest BCUT2D eigenvalue weighted by molar-refractivity contribution is -0.132. The molecule has 19 heavy (non-hydrogen) atoms. The summed E-state index contributed by atoms with van der Waals surface area (Å²) < 4.78 is 5.22. The van der Waals surface area contributed by atoms with Crippen LogP contribution in [0.4, 0.5) is 0 Å². The van der Waals surface area contributed by atoms with Crippen molar-refractivity contribution in [2.75, 3.05) is 26.4 Å². The van der Waals surface area contributed by atoms with Crippen LogP contribution in [0.5, 0.6) is 0 Å². The number of nitriles is 1. The van der Waals surface area contributed by atoms with E-state index in [1.165, 1.54) is 0 Å². The van der Waals surface area contributed by atoms with Crippen LogP contribution in [0.2, 0.25) is 0 Å². The third-order valence-electron chi connectivity index (χ3n) is 4.57. The number of ether oxygens (including phenoxy) is 1. The van der Waals surface area contributed by atoms with Gasteiger partial charge in [0.05, 0.1) is 6.07 Å². The van der Waals surface area contributed by atoms with E-state index in [0.29, 0.717) is 44.4 Å². The molecule has 0 aromatic heterocycles. The van der Waals surface area contributed by atoms with Crippen molar-refractivity contribution >= 4 is 5.91 Å². The van der Waals surface area contributed by atoms with Gasteiger partial charge in [-0.05, 0) is 37.5 Å². The molecular formula is C14H22N2O3. The van der Waals surface area contributed by atoms with Crippen LogP contribution in [0.3, 0.4) is 0 Å². The van der Waals surface area contributed by atoms with E-state index in [0.717, 1.165) is 19.3 Å². The predicted octanol–water partition coefficient (Wildman–Crippen LogP) is 0.832. The second-order valence-corrected chi connectivity index (χ2v) is 5.65. The molecule has 0 aromatic carbocycles. The molecule has 1 amide bonds. The van der Waals surface area contributed by atoms with E-state index < -0.39 is 5.41 Å². The van der Waals surface area contributed by atoms with Gasteiger partial charge in [0.15, 0.2) is 0 Å². The highest BCUT2D eigenvalue weighted by Gasteiger charge is 2.40. The first-order valence-corrected chi connectivity index (χ1v) is 7.10. The van der Waals surface area contributed by atoms with Crippen molar-refractivity contribution in [3.05, 3.63) is 0 Å². The minimum atomic E-state index is -0.911. The fraction of sp³-hybridized carbons (Fsp3) is 0.857. The molecule has 2 rings (SSSR count). The number of carbonyl (C=O) groups excluding carboxylic acids is 1. The van der Waals surface area contributed by atoms with Crippen molar-refractivity contribution in [1.29, 1.82) is 5.26 Å². The van der Waals surface area contributed by atoms with Gasteiger partial charge < -0.3 is 15.2 Å². The van der Waals surface area contributed by atoms with E-state index >= 15 is 0 Å². The number of carbonyl (C=O) groups is 1. The van der Waals surface area contributed by atoms with Crippen LogP contribution in [0.15, 0.2) is 0 Å². The Kier molecular flexibility index (Phi) is 4.78. The van der Waals surface area contributed by atoms with Gasteiger partial charge in [0.25, 0.3) is 0 Å². The number of aliphatic hydroxyl groups is 1. The van der Waals surface area contributed by atoms with E-state index in [1.807, 2.05) is 0 Å². The highest BCUT2D eigenvalue weighted by Crippen LogP contribution is 2.32. The molecule has 2 aliphatic rings. The highest BCUT2D eigenvalue weighted by atomic mass is 16.5. The van der Waals surface area contributed by atoms with Gasteiger partial charge in [0.1, 0.15) is 5.41 Å². The van der Waals surface area contributed by atoms with Crippen LogP contribution in [-0.4, -0.2) is 37.4 Å². The number of hydrogen-bond donors (Lipinski definition) is 2. The summed E-state index contributed by atoms with van der Waals surface area (Å²) in [5, 5.41) is 21.5. The van der Waals surface area contributed by atoms with E-state index in [4.69, 9.17) is 4.74 Å². The van der Waals surface area contributed by atoms with Gasteiger partial charge in [-0.1, -0.05) is 6.42 Å². The Morgan fingerprint density at radius 3 is 2.68 bits per heavy atom. The molecule has 2 unspecified atom stereocenters. The average molecular weight is 266 g/mol. The normalized spacial score (nSPS) is 29.7. The molecule has 1 saturated heterocycles. The van der Waals surface area contributed by atoms with Crippen LogP contribution in [0.25, 0.3) is 0 Å². The molecule has 106 valence electrons. The first-order chi connectivity index (χ1) is 9.22. The third-order valence-corrected chi connectivity index (χ3v) is 4.57. The maximum absolute atomic E-state index is 12.3. The van der Waals surface area contributed by atoms with Gasteiger partial charge in [-0.3, -0.25) is 4.79 Å². The number of amides is 1. The molecule has 0 radical (unpaired) electrons. The average Bonchev–Trinajstić information content (AvgIpc) is 2.92. The summed E-state index contributed by atoms with van der Waals surface area (Å²) >= 11 is 0. The molecule has 0 spiro atoms. The first-order valence-electron chi connectivity index (χ1n) is 7.10. The van der Waals surface area contributed by atoms with Gasteiger partial charge >= 0.3 is 0 Å². The quantitative estimate of drug-likeness (QED) is 0.789. The molecule has 2 atom stereocenters. The first kappa shape index (κ1) is 14.3. The van der Waals surface area contributed by atoms with Crippen LogP contribution < -0.4 is 5.32 Å². The van der Waals surface area contributed by atoms with Crippen molar-refractivity contribution in [1.82, 2.24) is 5.32 Å². The fourth-order valence-corrected chi connectivity index (χ4v) is 3.13. The summed E-state index contributed by atoms with van der Waals surface area (Å²) in [6, 6.07) is 2.18. The van der Waals surface area contributed by atoms with Crippen molar-refractivity contribution < 1.29 is 14.6 Å². The third kappa shape index (κ3) is 3.07. The lowest BCUT2D eigenvalue weighted by atomic mass is 9.80. The minimum Gasteiger partial charge on any atom is -0.396 e. The zero-order valence-corrected chi connectivity index (χ0v) is 11.2. The topological polar surface area (TPSA) is 82.4 Å². The van der Waals surface area contributed by atoms with Gasteiger partial charge in [-0.2, -0.15) is 5.26 Å². The molecule has 5 nitrogen and oxygen atoms in total. The Bertz CT molecular complexity index is 358. The van der Waals surface area contributed by atoms with Crippen LogP contribution in [-0.2, 0) is 9.53 Å². The molecule has 1 heterocycles. The largest absolute Gasteiger partial charge is 0.396 e. The van der Waals surface area contributed by atoms with E-state index in [2.05, 4.69) is 11.4 Å². The highest BCUT2D eigenvalue weighted by molar-refractivity contribution is 5.85. The van der Waals surface area contributed by atoms with E-state index in [9.17, 15) is 15.2 Å². The molecule has 1 aliphatic heterocycles. The predicted molar refractivity (Wildman–Crippen MR) is 69.0 cm³/mol. The summed E-state index contributed by atoms with van der Waals surface area (Å²) in [7, 11) is 0. The molecule has 2 N–H and O–H groups in total. The molecule has 5 heteroatoms. The zero-order chi connectivity index (χ0) is 13.7. The standard InChI is InChI=1S/C14H22N2O3/c15-10-14(4-6-19-7-5-14)13(18)16-8-11-2-1-3-12(11)9-17/h11-12,17H,1-9H2,(H,16,18). The Balaban J connectivity index is 1.88. The monoisotopic (exact) mass is 266 g/mol. The number of aliphatic hydroxyl groups excluding tert-OH is 1. The molecule has 1 saturated carbocycles. The lowest BCUT2D eigenvalue weighted by Crippen LogP contribution is -2.45.